The van der Waals surface area contributed by atoms with E-state index in [4.69, 9.17) is 14.2 Å². The molecule has 5 nitrogen and oxygen atoms in total. The Balaban J connectivity index is 1.71. The van der Waals surface area contributed by atoms with Gasteiger partial charge in [-0.2, -0.15) is 0 Å². The van der Waals surface area contributed by atoms with Gasteiger partial charge in [-0.05, 0) is 69.4 Å². The van der Waals surface area contributed by atoms with Gasteiger partial charge in [0.05, 0.1) is 5.52 Å². The first kappa shape index (κ1) is 32.7. The molecular formula is C39H47NO4. The van der Waals surface area contributed by atoms with Gasteiger partial charge >= 0.3 is 0 Å². The average molecular weight is 594 g/mol. The molecule has 4 aromatic rings. The zero-order valence-corrected chi connectivity index (χ0v) is 26.8. The second kappa shape index (κ2) is 17.1. The van der Waals surface area contributed by atoms with Crippen molar-refractivity contribution in [3.8, 4) is 17.2 Å². The van der Waals surface area contributed by atoms with Crippen molar-refractivity contribution < 1.29 is 14.2 Å². The molecule has 0 aliphatic rings. The lowest BCUT2D eigenvalue weighted by molar-refractivity contribution is 0.270. The molecule has 0 aliphatic carbocycles. The number of ether oxygens (including phenoxy) is 3. The first-order chi connectivity index (χ1) is 21.5. The van der Waals surface area contributed by atoms with Crippen LogP contribution in [0.5, 0.6) is 17.2 Å². The molecule has 232 valence electrons. The van der Waals surface area contributed by atoms with E-state index in [0.717, 1.165) is 60.6 Å². The minimum Gasteiger partial charge on any atom is -0.489 e. The van der Waals surface area contributed by atoms with Crippen LogP contribution < -0.4 is 19.8 Å². The van der Waals surface area contributed by atoms with Crippen molar-refractivity contribution in [2.24, 2.45) is 0 Å². The Morgan fingerprint density at radius 2 is 1.43 bits per heavy atom. The highest BCUT2D eigenvalue weighted by Crippen LogP contribution is 2.36. The molecule has 0 amide bonds. The maximum Gasteiger partial charge on any atom is 0.297 e. The van der Waals surface area contributed by atoms with Crippen LogP contribution in [0, 0.1) is 0 Å². The van der Waals surface area contributed by atoms with Crippen molar-refractivity contribution in [1.82, 2.24) is 4.57 Å². The van der Waals surface area contributed by atoms with E-state index in [0.29, 0.717) is 31.3 Å². The van der Waals surface area contributed by atoms with E-state index in [2.05, 4.69) is 39.8 Å². The van der Waals surface area contributed by atoms with Gasteiger partial charge in [0.1, 0.15) is 25.6 Å². The van der Waals surface area contributed by atoms with E-state index < -0.39 is 0 Å². The third-order valence-corrected chi connectivity index (χ3v) is 7.61. The van der Waals surface area contributed by atoms with Crippen molar-refractivity contribution in [3.05, 3.63) is 124 Å². The second-order valence-corrected chi connectivity index (χ2v) is 11.6. The Hall–Kier alpha value is -4.25. The summed E-state index contributed by atoms with van der Waals surface area (Å²) in [6, 6.07) is 25.9. The largest absolute Gasteiger partial charge is 0.489 e. The van der Waals surface area contributed by atoms with Crippen LogP contribution in [0.2, 0.25) is 0 Å². The molecule has 0 radical (unpaired) electrons. The number of hydrogen-bond acceptors (Lipinski definition) is 4. The molecule has 0 bridgehead atoms. The zero-order chi connectivity index (χ0) is 31.1. The predicted molar refractivity (Wildman–Crippen MR) is 182 cm³/mol. The highest BCUT2D eigenvalue weighted by molar-refractivity contribution is 5.89. The Labute approximate surface area is 262 Å². The van der Waals surface area contributed by atoms with Crippen LogP contribution in [-0.4, -0.2) is 11.2 Å². The van der Waals surface area contributed by atoms with Gasteiger partial charge in [-0.3, -0.25) is 4.79 Å². The number of rotatable bonds is 17. The normalized spacial score (nSPS) is 11.4. The minimum atomic E-state index is -0.176. The van der Waals surface area contributed by atoms with Gasteiger partial charge in [0.25, 0.3) is 5.56 Å². The molecule has 0 spiro atoms. The van der Waals surface area contributed by atoms with E-state index in [9.17, 15) is 4.79 Å². The molecule has 5 heteroatoms. The summed E-state index contributed by atoms with van der Waals surface area (Å²) in [5, 5.41) is 0.839. The van der Waals surface area contributed by atoms with Gasteiger partial charge in [-0.15, -0.1) is 0 Å². The lowest BCUT2D eigenvalue weighted by Gasteiger charge is -2.19. The highest BCUT2D eigenvalue weighted by Gasteiger charge is 2.21. The Morgan fingerprint density at radius 3 is 2.09 bits per heavy atom. The maximum absolute atomic E-state index is 14.2. The van der Waals surface area contributed by atoms with Crippen LogP contribution in [-0.2, 0) is 19.8 Å². The molecule has 4 rings (SSSR count). The van der Waals surface area contributed by atoms with Crippen LogP contribution in [0.4, 0.5) is 0 Å². The first-order valence-corrected chi connectivity index (χ1v) is 15.9. The number of pyridine rings is 1. The van der Waals surface area contributed by atoms with Gasteiger partial charge in [-0.1, -0.05) is 104 Å². The lowest BCUT2D eigenvalue weighted by Crippen LogP contribution is -2.24. The fourth-order valence-electron chi connectivity index (χ4n) is 5.09. The number of aromatic nitrogens is 1. The fraction of sp³-hybridized carbons (Fsp3) is 0.359. The monoisotopic (exact) mass is 593 g/mol. The summed E-state index contributed by atoms with van der Waals surface area (Å²) < 4.78 is 20.7. The van der Waals surface area contributed by atoms with Gasteiger partial charge in [-0.25, -0.2) is 0 Å². The SMILES string of the molecule is CCCCCCn1c(=O)c(OCc2ccccc2)c(OC/C=C(\C)CCC=C(C)C)c2ccc(OCc3ccccc3)cc21. The van der Waals surface area contributed by atoms with E-state index in [1.54, 1.807) is 0 Å². The summed E-state index contributed by atoms with van der Waals surface area (Å²) in [6.07, 6.45) is 10.5. The smallest absolute Gasteiger partial charge is 0.297 e. The summed E-state index contributed by atoms with van der Waals surface area (Å²) in [4.78, 5) is 14.2. The molecule has 0 N–H and O–H groups in total. The fourth-order valence-corrected chi connectivity index (χ4v) is 5.09. The molecular weight excluding hydrogens is 546 g/mol. The van der Waals surface area contributed by atoms with Crippen LogP contribution in [0.25, 0.3) is 10.9 Å². The number of hydrogen-bond donors (Lipinski definition) is 0. The third kappa shape index (κ3) is 9.63. The average Bonchev–Trinajstić information content (AvgIpc) is 3.03. The van der Waals surface area contributed by atoms with Gasteiger partial charge in [0, 0.05) is 18.0 Å². The molecule has 0 aliphatic heterocycles. The second-order valence-electron chi connectivity index (χ2n) is 11.6. The minimum absolute atomic E-state index is 0.176. The number of fused-ring (bicyclic) bond motifs is 1. The van der Waals surface area contributed by atoms with Gasteiger partial charge in [0.15, 0.2) is 5.75 Å². The number of allylic oxidation sites excluding steroid dienone is 3. The molecule has 1 aromatic heterocycles. The standard InChI is InChI=1S/C39H47NO4/c1-5-6-7-14-25-40-36-27-34(43-28-32-18-10-8-11-19-32)22-23-35(36)37(42-26-24-31(4)17-15-16-30(2)3)38(39(40)41)44-29-33-20-12-9-13-21-33/h8-13,16,18-24,27H,5-7,14-15,17,25-26,28-29H2,1-4H3/b31-24+. The van der Waals surface area contributed by atoms with E-state index >= 15 is 0 Å². The summed E-state index contributed by atoms with van der Waals surface area (Å²) in [5.74, 6) is 1.45. The summed E-state index contributed by atoms with van der Waals surface area (Å²) in [7, 11) is 0. The summed E-state index contributed by atoms with van der Waals surface area (Å²) in [6.45, 7) is 10.2. The van der Waals surface area contributed by atoms with Gasteiger partial charge in [0.2, 0.25) is 5.75 Å². The Morgan fingerprint density at radius 1 is 0.750 bits per heavy atom. The number of unbranched alkanes of at least 4 members (excludes halogenated alkanes) is 3. The molecule has 0 saturated heterocycles. The van der Waals surface area contributed by atoms with Crippen LogP contribution in [0.15, 0.2) is 107 Å². The molecule has 0 atom stereocenters. The lowest BCUT2D eigenvalue weighted by atomic mass is 10.1. The van der Waals surface area contributed by atoms with Crippen LogP contribution in [0.3, 0.4) is 0 Å². The van der Waals surface area contributed by atoms with Crippen molar-refractivity contribution >= 4 is 10.9 Å². The molecule has 1 heterocycles. The third-order valence-electron chi connectivity index (χ3n) is 7.61. The van der Waals surface area contributed by atoms with Crippen molar-refractivity contribution in [1.29, 1.82) is 0 Å². The van der Waals surface area contributed by atoms with Crippen molar-refractivity contribution in [3.63, 3.8) is 0 Å². The number of nitrogens with zero attached hydrogens (tertiary/aromatic N) is 1. The maximum atomic E-state index is 14.2. The predicted octanol–water partition coefficient (Wildman–Crippen LogP) is 9.81. The zero-order valence-electron chi connectivity index (χ0n) is 26.8. The highest BCUT2D eigenvalue weighted by atomic mass is 16.5. The number of aryl methyl sites for hydroxylation is 1. The summed E-state index contributed by atoms with van der Waals surface area (Å²) >= 11 is 0. The van der Waals surface area contributed by atoms with E-state index in [1.807, 2.05) is 83.4 Å². The van der Waals surface area contributed by atoms with Crippen molar-refractivity contribution in [2.45, 2.75) is 86.0 Å². The topological polar surface area (TPSA) is 49.7 Å². The quantitative estimate of drug-likeness (QED) is 0.0903. The summed E-state index contributed by atoms with van der Waals surface area (Å²) in [5.41, 5.74) is 5.27. The van der Waals surface area contributed by atoms with E-state index in [1.165, 1.54) is 11.1 Å². The van der Waals surface area contributed by atoms with Crippen molar-refractivity contribution in [2.75, 3.05) is 6.61 Å². The van der Waals surface area contributed by atoms with Gasteiger partial charge < -0.3 is 18.8 Å². The van der Waals surface area contributed by atoms with Crippen LogP contribution >= 0.6 is 0 Å². The molecule has 0 fully saturated rings. The molecule has 0 saturated carbocycles. The first-order valence-electron chi connectivity index (χ1n) is 15.9. The Kier molecular flexibility index (Phi) is 12.7. The molecule has 0 unspecified atom stereocenters. The molecule has 44 heavy (non-hydrogen) atoms. The number of benzene rings is 3. The molecule has 3 aromatic carbocycles. The Bertz CT molecular complexity index is 1580. The van der Waals surface area contributed by atoms with Crippen LogP contribution in [0.1, 0.15) is 77.3 Å². The van der Waals surface area contributed by atoms with E-state index in [-0.39, 0.29) is 17.9 Å².